The highest BCUT2D eigenvalue weighted by Crippen LogP contribution is 2.30. The molecule has 0 unspecified atom stereocenters. The number of aromatic nitrogens is 5. The summed E-state index contributed by atoms with van der Waals surface area (Å²) < 4.78 is 1.87. The molecular formula is C25H30ClN9O. The predicted octanol–water partition coefficient (Wildman–Crippen LogP) is 3.07. The first-order valence-electron chi connectivity index (χ1n) is 11.9. The van der Waals surface area contributed by atoms with Gasteiger partial charge in [-0.25, -0.2) is 15.0 Å². The summed E-state index contributed by atoms with van der Waals surface area (Å²) in [6.07, 6.45) is 5.31. The highest BCUT2D eigenvalue weighted by molar-refractivity contribution is 6.35. The van der Waals surface area contributed by atoms with Crippen LogP contribution in [0.5, 0.6) is 0 Å². The summed E-state index contributed by atoms with van der Waals surface area (Å²) in [6, 6.07) is 7.37. The van der Waals surface area contributed by atoms with Gasteiger partial charge in [0.1, 0.15) is 11.4 Å². The largest absolute Gasteiger partial charge is 0.349 e. The van der Waals surface area contributed by atoms with Crippen LogP contribution >= 0.6 is 11.6 Å². The van der Waals surface area contributed by atoms with Gasteiger partial charge < -0.3 is 24.7 Å². The minimum Gasteiger partial charge on any atom is -0.349 e. The van der Waals surface area contributed by atoms with Gasteiger partial charge in [-0.3, -0.25) is 9.69 Å². The van der Waals surface area contributed by atoms with Gasteiger partial charge in [-0.2, -0.15) is 0 Å². The third-order valence-electron chi connectivity index (χ3n) is 6.48. The number of imidazole rings is 1. The van der Waals surface area contributed by atoms with E-state index in [1.165, 1.54) is 0 Å². The number of halogens is 1. The van der Waals surface area contributed by atoms with E-state index in [1.807, 2.05) is 43.1 Å². The second kappa shape index (κ2) is 10.3. The number of benzene rings is 1. The molecule has 0 aliphatic carbocycles. The van der Waals surface area contributed by atoms with Crippen LogP contribution in [0.3, 0.4) is 0 Å². The van der Waals surface area contributed by atoms with Gasteiger partial charge in [0.2, 0.25) is 5.95 Å². The summed E-state index contributed by atoms with van der Waals surface area (Å²) in [5.74, 6) is 0.376. The quantitative estimate of drug-likeness (QED) is 0.396. The van der Waals surface area contributed by atoms with E-state index in [0.717, 1.165) is 60.7 Å². The van der Waals surface area contributed by atoms with Crippen LogP contribution in [0.15, 0.2) is 43.0 Å². The fourth-order valence-corrected chi connectivity index (χ4v) is 4.57. The number of carbonyl (C=O) groups is 1. The van der Waals surface area contributed by atoms with Gasteiger partial charge in [0, 0.05) is 76.8 Å². The van der Waals surface area contributed by atoms with E-state index in [9.17, 15) is 4.79 Å². The Morgan fingerprint density at radius 2 is 1.94 bits per heavy atom. The number of aromatic amines is 1. The first-order chi connectivity index (χ1) is 17.4. The first kappa shape index (κ1) is 24.2. The molecule has 188 valence electrons. The van der Waals surface area contributed by atoms with Crippen molar-refractivity contribution in [1.29, 1.82) is 0 Å². The van der Waals surface area contributed by atoms with Crippen molar-refractivity contribution in [2.75, 3.05) is 58.7 Å². The summed E-state index contributed by atoms with van der Waals surface area (Å²) in [7, 11) is 5.89. The first-order valence-corrected chi connectivity index (χ1v) is 12.3. The van der Waals surface area contributed by atoms with Crippen molar-refractivity contribution < 1.29 is 4.79 Å². The van der Waals surface area contributed by atoms with Crippen LogP contribution in [0.25, 0.3) is 22.3 Å². The molecule has 0 radical (unpaired) electrons. The minimum absolute atomic E-state index is 0.0581. The number of carbonyl (C=O) groups excluding carboxylic acids is 1. The van der Waals surface area contributed by atoms with Crippen molar-refractivity contribution in [1.82, 2.24) is 39.2 Å². The maximum absolute atomic E-state index is 13.1. The molecule has 1 aliphatic heterocycles. The van der Waals surface area contributed by atoms with Crippen LogP contribution in [0.2, 0.25) is 5.02 Å². The topological polar surface area (TPSA) is 98.2 Å². The number of piperazine rings is 1. The molecular weight excluding hydrogens is 478 g/mol. The molecule has 5 rings (SSSR count). The fraction of sp³-hybridized carbons (Fsp3) is 0.360. The van der Waals surface area contributed by atoms with E-state index < -0.39 is 0 Å². The fourth-order valence-electron chi connectivity index (χ4n) is 4.29. The van der Waals surface area contributed by atoms with Gasteiger partial charge in [0.15, 0.2) is 0 Å². The van der Waals surface area contributed by atoms with E-state index in [2.05, 4.69) is 42.1 Å². The summed E-state index contributed by atoms with van der Waals surface area (Å²) in [6.45, 7) is 5.72. The smallest absolute Gasteiger partial charge is 0.270 e. The van der Waals surface area contributed by atoms with Crippen molar-refractivity contribution in [3.05, 3.63) is 53.7 Å². The number of hydrogen-bond donors (Lipinski definition) is 2. The third kappa shape index (κ3) is 5.35. The Balaban J connectivity index is 1.28. The monoisotopic (exact) mass is 507 g/mol. The van der Waals surface area contributed by atoms with Crippen LogP contribution in [-0.4, -0.2) is 98.5 Å². The molecule has 10 nitrogen and oxygen atoms in total. The van der Waals surface area contributed by atoms with E-state index in [0.29, 0.717) is 23.2 Å². The lowest BCUT2D eigenvalue weighted by Crippen LogP contribution is -2.47. The van der Waals surface area contributed by atoms with Gasteiger partial charge in [0.05, 0.1) is 22.6 Å². The van der Waals surface area contributed by atoms with E-state index in [4.69, 9.17) is 11.6 Å². The molecule has 11 heteroatoms. The number of hydrogen-bond acceptors (Lipinski definition) is 7. The average Bonchev–Trinajstić information content (AvgIpc) is 3.50. The van der Waals surface area contributed by atoms with Crippen molar-refractivity contribution in [2.24, 2.45) is 7.05 Å². The Hall–Kier alpha value is -3.47. The van der Waals surface area contributed by atoms with Crippen LogP contribution in [0, 0.1) is 0 Å². The van der Waals surface area contributed by atoms with Gasteiger partial charge >= 0.3 is 0 Å². The zero-order valence-electron chi connectivity index (χ0n) is 20.7. The molecule has 4 heterocycles. The van der Waals surface area contributed by atoms with Gasteiger partial charge in [-0.15, -0.1) is 0 Å². The molecule has 4 aromatic rings. The molecule has 2 N–H and O–H groups in total. The number of likely N-dealkylation sites (N-methyl/N-ethyl adjacent to an activating group) is 2. The highest BCUT2D eigenvalue weighted by atomic mass is 35.5. The molecule has 0 saturated carbocycles. The Bertz CT molecular complexity index is 1370. The molecule has 1 amide bonds. The predicted molar refractivity (Wildman–Crippen MR) is 142 cm³/mol. The standard InChI is InChI=1S/C25H30ClN9O/c1-32-6-9-35(10-7-32)11-8-34(3)24(36)21-13-17-12-18(14-19(26)23(17)30-21)29-25-27-5-4-20(31-25)22-15-33(2)16-28-22/h4-5,12-16,30H,6-11H2,1-3H3,(H,27,29,31). The molecule has 0 spiro atoms. The van der Waals surface area contributed by atoms with Gasteiger partial charge in [-0.1, -0.05) is 11.6 Å². The zero-order valence-corrected chi connectivity index (χ0v) is 21.5. The molecule has 36 heavy (non-hydrogen) atoms. The number of nitrogens with zero attached hydrogens (tertiary/aromatic N) is 7. The summed E-state index contributed by atoms with van der Waals surface area (Å²) in [5.41, 5.74) is 3.45. The Morgan fingerprint density at radius 1 is 1.14 bits per heavy atom. The van der Waals surface area contributed by atoms with E-state index in [-0.39, 0.29) is 5.91 Å². The number of rotatable bonds is 7. The zero-order chi connectivity index (χ0) is 25.2. The van der Waals surface area contributed by atoms with E-state index in [1.54, 1.807) is 23.5 Å². The lowest BCUT2D eigenvalue weighted by molar-refractivity contribution is 0.0755. The Kier molecular flexibility index (Phi) is 6.90. The highest BCUT2D eigenvalue weighted by Gasteiger charge is 2.19. The molecule has 1 fully saturated rings. The summed E-state index contributed by atoms with van der Waals surface area (Å²) in [5, 5.41) is 4.56. The van der Waals surface area contributed by atoms with Crippen LogP contribution in [0.1, 0.15) is 10.5 Å². The minimum atomic E-state index is -0.0581. The number of amides is 1. The second-order valence-electron chi connectivity index (χ2n) is 9.29. The van der Waals surface area contributed by atoms with Gasteiger partial charge in [-0.05, 0) is 31.3 Å². The summed E-state index contributed by atoms with van der Waals surface area (Å²) >= 11 is 6.57. The lowest BCUT2D eigenvalue weighted by Gasteiger charge is -2.33. The van der Waals surface area contributed by atoms with Crippen molar-refractivity contribution in [3.63, 3.8) is 0 Å². The van der Waals surface area contributed by atoms with Crippen LogP contribution in [-0.2, 0) is 7.05 Å². The lowest BCUT2D eigenvalue weighted by atomic mass is 10.2. The second-order valence-corrected chi connectivity index (χ2v) is 9.70. The molecule has 1 aliphatic rings. The van der Waals surface area contributed by atoms with Crippen molar-refractivity contribution in [3.8, 4) is 11.4 Å². The van der Waals surface area contributed by atoms with Crippen LogP contribution < -0.4 is 5.32 Å². The number of fused-ring (bicyclic) bond motifs is 1. The van der Waals surface area contributed by atoms with Crippen LogP contribution in [0.4, 0.5) is 11.6 Å². The third-order valence-corrected chi connectivity index (χ3v) is 6.78. The van der Waals surface area contributed by atoms with Crippen molar-refractivity contribution in [2.45, 2.75) is 0 Å². The molecule has 3 aromatic heterocycles. The van der Waals surface area contributed by atoms with E-state index >= 15 is 0 Å². The molecule has 0 atom stereocenters. The molecule has 0 bridgehead atoms. The number of aryl methyl sites for hydroxylation is 1. The molecule has 1 aromatic carbocycles. The van der Waals surface area contributed by atoms with Gasteiger partial charge in [0.25, 0.3) is 5.91 Å². The number of nitrogens with one attached hydrogen (secondary N) is 2. The van der Waals surface area contributed by atoms with Crippen molar-refractivity contribution >= 4 is 40.0 Å². The molecule has 1 saturated heterocycles. The normalized spacial score (nSPS) is 14.9. The Labute approximate surface area is 214 Å². The summed E-state index contributed by atoms with van der Waals surface area (Å²) in [4.78, 5) is 36.0. The maximum atomic E-state index is 13.1. The number of H-pyrrole nitrogens is 1. The maximum Gasteiger partial charge on any atom is 0.270 e. The average molecular weight is 508 g/mol. The SMILES string of the molecule is CN1CCN(CCN(C)C(=O)c2cc3cc(Nc4nccc(-c5cn(C)cn5)n4)cc(Cl)c3[nH]2)CC1. The number of anilines is 2. The Morgan fingerprint density at radius 3 is 2.69 bits per heavy atom.